The number of rotatable bonds is 6. The molecule has 0 aliphatic heterocycles. The summed E-state index contributed by atoms with van der Waals surface area (Å²) in [6.45, 7) is 5.23. The maximum Gasteiger partial charge on any atom is 0.348 e. The molecule has 0 spiro atoms. The fourth-order valence-electron chi connectivity index (χ4n) is 2.26. The molecule has 0 fully saturated rings. The van der Waals surface area contributed by atoms with Crippen LogP contribution in [-0.2, 0) is 0 Å². The van der Waals surface area contributed by atoms with E-state index in [2.05, 4.69) is 49.9 Å². The van der Waals surface area contributed by atoms with Gasteiger partial charge in [-0.15, -0.1) is 0 Å². The van der Waals surface area contributed by atoms with Crippen LogP contribution in [0.4, 0.5) is 5.82 Å². The molecule has 7 heteroatoms. The third-order valence-electron chi connectivity index (χ3n) is 3.30. The number of nitrogens with zero attached hydrogens (tertiary/aromatic N) is 4. The van der Waals surface area contributed by atoms with Crippen molar-refractivity contribution in [2.45, 2.75) is 32.7 Å². The van der Waals surface area contributed by atoms with Crippen LogP contribution in [0.3, 0.4) is 0 Å². The average Bonchev–Trinajstić information content (AvgIpc) is 2.80. The topological polar surface area (TPSA) is 66.3 Å². The van der Waals surface area contributed by atoms with E-state index in [1.54, 1.807) is 0 Å². The normalized spacial score (nSPS) is 11.4. The van der Waals surface area contributed by atoms with Crippen LogP contribution in [0.15, 0.2) is 17.2 Å². The Kier molecular flexibility index (Phi) is 4.57. The molecule has 0 unspecified atom stereocenters. The number of aromatic nitrogens is 4. The first-order valence-corrected chi connectivity index (χ1v) is 7.58. The highest BCUT2D eigenvalue weighted by molar-refractivity contribution is 9.09. The summed E-state index contributed by atoms with van der Waals surface area (Å²) in [5.74, 6) is 0.861. The Labute approximate surface area is 120 Å². The molecular formula is C12H18BrN5O. The van der Waals surface area contributed by atoms with E-state index in [0.717, 1.165) is 30.5 Å². The lowest BCUT2D eigenvalue weighted by atomic mass is 10.1. The van der Waals surface area contributed by atoms with E-state index in [0.29, 0.717) is 11.7 Å². The summed E-state index contributed by atoms with van der Waals surface area (Å²) < 4.78 is 1.41. The van der Waals surface area contributed by atoms with Crippen molar-refractivity contribution in [2.75, 3.05) is 16.8 Å². The maximum absolute atomic E-state index is 11.4. The van der Waals surface area contributed by atoms with Gasteiger partial charge in [0.2, 0.25) is 0 Å². The molecule has 6 nitrogen and oxygen atoms in total. The Balaban J connectivity index is 2.40. The number of alkyl halides is 1. The summed E-state index contributed by atoms with van der Waals surface area (Å²) >= 11 is 3.48. The van der Waals surface area contributed by atoms with E-state index in [1.807, 2.05) is 6.07 Å². The molecule has 0 saturated heterocycles. The SMILES string of the molecule is CCC(CC)N(CCBr)c1cc2n[nH]c(=O)n2cn1. The predicted molar refractivity (Wildman–Crippen MR) is 79.1 cm³/mol. The zero-order valence-electron chi connectivity index (χ0n) is 11.1. The molecule has 0 saturated carbocycles. The van der Waals surface area contributed by atoms with Crippen LogP contribution in [0.1, 0.15) is 26.7 Å². The van der Waals surface area contributed by atoms with Gasteiger partial charge in [-0.1, -0.05) is 29.8 Å². The Morgan fingerprint density at radius 1 is 1.47 bits per heavy atom. The fraction of sp³-hybridized carbons (Fsp3) is 0.583. The largest absolute Gasteiger partial charge is 0.353 e. The second kappa shape index (κ2) is 6.18. The highest BCUT2D eigenvalue weighted by Crippen LogP contribution is 2.18. The summed E-state index contributed by atoms with van der Waals surface area (Å²) in [5, 5.41) is 7.28. The molecule has 0 aromatic carbocycles. The number of anilines is 1. The third kappa shape index (κ3) is 2.80. The molecule has 0 atom stereocenters. The number of hydrogen-bond acceptors (Lipinski definition) is 4. The first kappa shape index (κ1) is 14.0. The summed E-state index contributed by atoms with van der Waals surface area (Å²) in [5.41, 5.74) is 0.337. The van der Waals surface area contributed by atoms with Gasteiger partial charge in [-0.3, -0.25) is 0 Å². The molecule has 2 aromatic rings. The first-order chi connectivity index (χ1) is 9.21. The second-order valence-electron chi connectivity index (χ2n) is 4.36. The highest BCUT2D eigenvalue weighted by Gasteiger charge is 2.17. The zero-order valence-corrected chi connectivity index (χ0v) is 12.7. The number of halogens is 1. The van der Waals surface area contributed by atoms with E-state index in [-0.39, 0.29) is 5.69 Å². The molecule has 0 bridgehead atoms. The van der Waals surface area contributed by atoms with Crippen LogP contribution in [0, 0.1) is 0 Å². The lowest BCUT2D eigenvalue weighted by Crippen LogP contribution is -2.36. The molecule has 0 aliphatic carbocycles. The van der Waals surface area contributed by atoms with Crippen LogP contribution < -0.4 is 10.6 Å². The Bertz CT molecular complexity index is 589. The lowest BCUT2D eigenvalue weighted by molar-refractivity contribution is 0.563. The van der Waals surface area contributed by atoms with Gasteiger partial charge in [-0.2, -0.15) is 5.10 Å². The standard InChI is InChI=1S/C12H18BrN5O/c1-3-9(4-2)17(6-5-13)10-7-11-15-16-12(19)18(11)8-14-10/h7-9H,3-6H2,1-2H3,(H,16,19). The van der Waals surface area contributed by atoms with Gasteiger partial charge in [0.15, 0.2) is 5.65 Å². The molecule has 2 heterocycles. The quantitative estimate of drug-likeness (QED) is 0.822. The lowest BCUT2D eigenvalue weighted by Gasteiger charge is -2.31. The molecule has 2 aromatic heterocycles. The minimum atomic E-state index is -0.261. The molecule has 2 rings (SSSR count). The van der Waals surface area contributed by atoms with Crippen LogP contribution in [-0.4, -0.2) is 37.5 Å². The van der Waals surface area contributed by atoms with Crippen LogP contribution >= 0.6 is 15.9 Å². The van der Waals surface area contributed by atoms with Gasteiger partial charge in [-0.05, 0) is 12.8 Å². The Morgan fingerprint density at radius 2 is 2.21 bits per heavy atom. The van der Waals surface area contributed by atoms with Crippen molar-refractivity contribution in [1.29, 1.82) is 0 Å². The number of H-pyrrole nitrogens is 1. The van der Waals surface area contributed by atoms with E-state index in [9.17, 15) is 4.79 Å². The van der Waals surface area contributed by atoms with Crippen molar-refractivity contribution < 1.29 is 0 Å². The third-order valence-corrected chi connectivity index (χ3v) is 3.65. The summed E-state index contributed by atoms with van der Waals surface area (Å²) in [6, 6.07) is 2.29. The minimum Gasteiger partial charge on any atom is -0.353 e. The molecular weight excluding hydrogens is 310 g/mol. The van der Waals surface area contributed by atoms with E-state index >= 15 is 0 Å². The van der Waals surface area contributed by atoms with Crippen molar-refractivity contribution in [3.8, 4) is 0 Å². The number of hydrogen-bond donors (Lipinski definition) is 1. The number of fused-ring (bicyclic) bond motifs is 1. The van der Waals surface area contributed by atoms with E-state index in [4.69, 9.17) is 0 Å². The monoisotopic (exact) mass is 327 g/mol. The summed E-state index contributed by atoms with van der Waals surface area (Å²) in [7, 11) is 0. The molecule has 0 amide bonds. The molecule has 0 aliphatic rings. The summed E-state index contributed by atoms with van der Waals surface area (Å²) in [6.07, 6.45) is 3.65. The summed E-state index contributed by atoms with van der Waals surface area (Å²) in [4.78, 5) is 18.1. The highest BCUT2D eigenvalue weighted by atomic mass is 79.9. The number of nitrogens with one attached hydrogen (secondary N) is 1. The maximum atomic E-state index is 11.4. The Morgan fingerprint density at radius 3 is 2.84 bits per heavy atom. The first-order valence-electron chi connectivity index (χ1n) is 6.46. The van der Waals surface area contributed by atoms with Crippen molar-refractivity contribution in [3.63, 3.8) is 0 Å². The van der Waals surface area contributed by atoms with Crippen molar-refractivity contribution in [2.24, 2.45) is 0 Å². The van der Waals surface area contributed by atoms with Gasteiger partial charge in [0.1, 0.15) is 12.1 Å². The molecule has 1 N–H and O–H groups in total. The number of aromatic amines is 1. The fourth-order valence-corrected chi connectivity index (χ4v) is 2.64. The van der Waals surface area contributed by atoms with Crippen LogP contribution in [0.5, 0.6) is 0 Å². The van der Waals surface area contributed by atoms with E-state index in [1.165, 1.54) is 10.7 Å². The smallest absolute Gasteiger partial charge is 0.348 e. The van der Waals surface area contributed by atoms with Crippen LogP contribution in [0.25, 0.3) is 5.65 Å². The predicted octanol–water partition coefficient (Wildman–Crippen LogP) is 1.81. The van der Waals surface area contributed by atoms with Gasteiger partial charge in [0.05, 0.1) is 0 Å². The van der Waals surface area contributed by atoms with Crippen molar-refractivity contribution >= 4 is 27.4 Å². The van der Waals surface area contributed by atoms with Crippen molar-refractivity contribution in [3.05, 3.63) is 22.9 Å². The average molecular weight is 328 g/mol. The minimum absolute atomic E-state index is 0.261. The Hall–Kier alpha value is -1.37. The van der Waals surface area contributed by atoms with Gasteiger partial charge >= 0.3 is 5.69 Å². The molecule has 19 heavy (non-hydrogen) atoms. The van der Waals surface area contributed by atoms with E-state index < -0.39 is 0 Å². The molecule has 104 valence electrons. The molecule has 0 radical (unpaired) electrons. The van der Waals surface area contributed by atoms with Gasteiger partial charge in [0.25, 0.3) is 0 Å². The van der Waals surface area contributed by atoms with Crippen molar-refractivity contribution in [1.82, 2.24) is 19.6 Å². The zero-order chi connectivity index (χ0) is 13.8. The van der Waals surface area contributed by atoms with Gasteiger partial charge in [0, 0.05) is 24.0 Å². The van der Waals surface area contributed by atoms with Crippen LogP contribution in [0.2, 0.25) is 0 Å². The second-order valence-corrected chi connectivity index (χ2v) is 5.15. The van der Waals surface area contributed by atoms with Gasteiger partial charge < -0.3 is 4.90 Å². The van der Waals surface area contributed by atoms with Gasteiger partial charge in [-0.25, -0.2) is 19.3 Å².